The molecule has 2 aliphatic rings. The summed E-state index contributed by atoms with van der Waals surface area (Å²) in [4.78, 5) is 40.4. The van der Waals surface area contributed by atoms with Gasteiger partial charge in [-0.1, -0.05) is 19.3 Å². The molecule has 3 rings (SSSR count). The molecule has 24 heavy (non-hydrogen) atoms. The highest BCUT2D eigenvalue weighted by molar-refractivity contribution is 5.94. The fraction of sp³-hybridized carbons (Fsp3) is 0.611. The molecular formula is C18H25N3O3. The minimum absolute atomic E-state index is 0.127. The van der Waals surface area contributed by atoms with E-state index in [2.05, 4.69) is 0 Å². The van der Waals surface area contributed by atoms with Crippen molar-refractivity contribution in [2.45, 2.75) is 32.1 Å². The topological polar surface area (TPSA) is 62.6 Å². The lowest BCUT2D eigenvalue weighted by Gasteiger charge is -2.37. The van der Waals surface area contributed by atoms with E-state index in [9.17, 15) is 14.4 Å². The van der Waals surface area contributed by atoms with E-state index in [1.807, 2.05) is 4.90 Å². The van der Waals surface area contributed by atoms with Crippen LogP contribution in [0.25, 0.3) is 0 Å². The molecule has 1 saturated carbocycles. The number of pyridine rings is 1. The Morgan fingerprint density at radius 3 is 2.25 bits per heavy atom. The van der Waals surface area contributed by atoms with Crippen molar-refractivity contribution in [1.29, 1.82) is 0 Å². The van der Waals surface area contributed by atoms with Crippen molar-refractivity contribution in [3.05, 3.63) is 34.2 Å². The number of hydrogen-bond donors (Lipinski definition) is 0. The molecule has 6 nitrogen and oxygen atoms in total. The van der Waals surface area contributed by atoms with E-state index < -0.39 is 0 Å². The second-order valence-electron chi connectivity index (χ2n) is 6.82. The summed E-state index contributed by atoms with van der Waals surface area (Å²) in [5, 5.41) is 0. The van der Waals surface area contributed by atoms with Crippen molar-refractivity contribution >= 4 is 11.8 Å². The monoisotopic (exact) mass is 331 g/mol. The van der Waals surface area contributed by atoms with E-state index in [1.54, 1.807) is 24.2 Å². The Morgan fingerprint density at radius 2 is 1.62 bits per heavy atom. The summed E-state index contributed by atoms with van der Waals surface area (Å²) in [6.45, 7) is 2.25. The van der Waals surface area contributed by atoms with Crippen LogP contribution in [0.3, 0.4) is 0 Å². The van der Waals surface area contributed by atoms with Gasteiger partial charge in [-0.2, -0.15) is 0 Å². The summed E-state index contributed by atoms with van der Waals surface area (Å²) in [6.07, 6.45) is 7.16. The lowest BCUT2D eigenvalue weighted by Crippen LogP contribution is -2.52. The van der Waals surface area contributed by atoms with E-state index >= 15 is 0 Å². The standard InChI is InChI=1S/C18H25N3O3/c1-19-8-7-15(13-16(19)22)18(24)21-11-9-20(10-12-21)17(23)14-5-3-2-4-6-14/h7-8,13-14H,2-6,9-12H2,1H3. The first kappa shape index (κ1) is 16.7. The van der Waals surface area contributed by atoms with Crippen molar-refractivity contribution < 1.29 is 9.59 Å². The van der Waals surface area contributed by atoms with Crippen molar-refractivity contribution in [3.8, 4) is 0 Å². The van der Waals surface area contributed by atoms with Crippen molar-refractivity contribution in [2.24, 2.45) is 13.0 Å². The van der Waals surface area contributed by atoms with E-state index in [-0.39, 0.29) is 23.3 Å². The van der Waals surface area contributed by atoms with E-state index in [0.29, 0.717) is 31.7 Å². The Labute approximate surface area is 142 Å². The highest BCUT2D eigenvalue weighted by Gasteiger charge is 2.29. The maximum Gasteiger partial charge on any atom is 0.254 e. The molecule has 1 aromatic heterocycles. The van der Waals surface area contributed by atoms with Gasteiger partial charge in [0.2, 0.25) is 5.91 Å². The molecule has 1 saturated heterocycles. The third kappa shape index (κ3) is 3.52. The Morgan fingerprint density at radius 1 is 1.00 bits per heavy atom. The van der Waals surface area contributed by atoms with Crippen LogP contribution in [0.2, 0.25) is 0 Å². The molecule has 0 N–H and O–H groups in total. The molecule has 2 fully saturated rings. The van der Waals surface area contributed by atoms with Gasteiger partial charge in [0.1, 0.15) is 0 Å². The molecule has 0 aromatic carbocycles. The third-order valence-corrected chi connectivity index (χ3v) is 5.18. The number of rotatable bonds is 2. The van der Waals surface area contributed by atoms with Gasteiger partial charge in [-0.15, -0.1) is 0 Å². The number of aryl methyl sites for hydroxylation is 1. The van der Waals surface area contributed by atoms with Crippen LogP contribution in [0.5, 0.6) is 0 Å². The minimum atomic E-state index is -0.188. The summed E-state index contributed by atoms with van der Waals surface area (Å²) >= 11 is 0. The third-order valence-electron chi connectivity index (χ3n) is 5.18. The number of piperazine rings is 1. The lowest BCUT2D eigenvalue weighted by atomic mass is 9.88. The predicted octanol–water partition coefficient (Wildman–Crippen LogP) is 1.25. The zero-order valence-corrected chi connectivity index (χ0v) is 14.2. The molecular weight excluding hydrogens is 306 g/mol. The number of amides is 2. The van der Waals surface area contributed by atoms with Gasteiger partial charge >= 0.3 is 0 Å². The van der Waals surface area contributed by atoms with Crippen LogP contribution in [0.4, 0.5) is 0 Å². The number of aromatic nitrogens is 1. The molecule has 0 spiro atoms. The van der Waals surface area contributed by atoms with Gasteiger partial charge in [0, 0.05) is 57.0 Å². The van der Waals surface area contributed by atoms with Crippen LogP contribution in [-0.2, 0) is 11.8 Å². The van der Waals surface area contributed by atoms with Gasteiger partial charge < -0.3 is 14.4 Å². The first-order valence-corrected chi connectivity index (χ1v) is 8.81. The average molecular weight is 331 g/mol. The van der Waals surface area contributed by atoms with Gasteiger partial charge in [-0.25, -0.2) is 0 Å². The molecule has 0 atom stereocenters. The summed E-state index contributed by atoms with van der Waals surface area (Å²) in [5.41, 5.74) is 0.233. The quantitative estimate of drug-likeness (QED) is 0.819. The van der Waals surface area contributed by atoms with Crippen molar-refractivity contribution in [2.75, 3.05) is 26.2 Å². The summed E-state index contributed by atoms with van der Waals surface area (Å²) in [7, 11) is 1.66. The normalized spacial score (nSPS) is 19.4. The molecule has 0 bridgehead atoms. The summed E-state index contributed by atoms with van der Waals surface area (Å²) in [5.74, 6) is 0.311. The second kappa shape index (κ2) is 7.20. The Kier molecular flexibility index (Phi) is 5.02. The fourth-order valence-electron chi connectivity index (χ4n) is 3.60. The van der Waals surface area contributed by atoms with Crippen LogP contribution >= 0.6 is 0 Å². The number of nitrogens with zero attached hydrogens (tertiary/aromatic N) is 3. The zero-order chi connectivity index (χ0) is 17.1. The van der Waals surface area contributed by atoms with Gasteiger partial charge in [0.25, 0.3) is 11.5 Å². The van der Waals surface area contributed by atoms with Crippen LogP contribution < -0.4 is 5.56 Å². The second-order valence-corrected chi connectivity index (χ2v) is 6.82. The van der Waals surface area contributed by atoms with E-state index in [4.69, 9.17) is 0 Å². The smallest absolute Gasteiger partial charge is 0.254 e. The maximum absolute atomic E-state index is 12.6. The molecule has 0 unspecified atom stereocenters. The van der Waals surface area contributed by atoms with Crippen LogP contribution in [-0.4, -0.2) is 52.4 Å². The van der Waals surface area contributed by atoms with Crippen LogP contribution in [0, 0.1) is 5.92 Å². The predicted molar refractivity (Wildman–Crippen MR) is 90.7 cm³/mol. The molecule has 0 radical (unpaired) electrons. The minimum Gasteiger partial charge on any atom is -0.339 e. The Hall–Kier alpha value is -2.11. The average Bonchev–Trinajstić information content (AvgIpc) is 2.63. The molecule has 1 aromatic rings. The Bertz CT molecular complexity index is 668. The molecule has 6 heteroatoms. The van der Waals surface area contributed by atoms with Gasteiger partial charge in [0.05, 0.1) is 0 Å². The number of carbonyl (C=O) groups excluding carboxylic acids is 2. The van der Waals surface area contributed by atoms with Gasteiger partial charge in [-0.3, -0.25) is 14.4 Å². The van der Waals surface area contributed by atoms with Crippen molar-refractivity contribution in [1.82, 2.24) is 14.4 Å². The largest absolute Gasteiger partial charge is 0.339 e. The molecule has 2 amide bonds. The molecule has 1 aliphatic heterocycles. The highest BCUT2D eigenvalue weighted by Crippen LogP contribution is 2.25. The first-order chi connectivity index (χ1) is 11.6. The summed E-state index contributed by atoms with van der Waals surface area (Å²) in [6, 6.07) is 3.05. The highest BCUT2D eigenvalue weighted by atomic mass is 16.2. The Balaban J connectivity index is 1.58. The SMILES string of the molecule is Cn1ccc(C(=O)N2CCN(C(=O)C3CCCCC3)CC2)cc1=O. The van der Waals surface area contributed by atoms with Crippen LogP contribution in [0.1, 0.15) is 42.5 Å². The zero-order valence-electron chi connectivity index (χ0n) is 14.2. The maximum atomic E-state index is 12.6. The molecule has 130 valence electrons. The molecule has 1 aliphatic carbocycles. The fourth-order valence-corrected chi connectivity index (χ4v) is 3.60. The van der Waals surface area contributed by atoms with Crippen molar-refractivity contribution in [3.63, 3.8) is 0 Å². The van der Waals surface area contributed by atoms with Gasteiger partial charge in [0.15, 0.2) is 0 Å². The van der Waals surface area contributed by atoms with Crippen LogP contribution in [0.15, 0.2) is 23.1 Å². The van der Waals surface area contributed by atoms with Gasteiger partial charge in [-0.05, 0) is 18.9 Å². The number of hydrogen-bond acceptors (Lipinski definition) is 3. The number of carbonyl (C=O) groups is 2. The van der Waals surface area contributed by atoms with E-state index in [1.165, 1.54) is 17.1 Å². The first-order valence-electron chi connectivity index (χ1n) is 8.81. The lowest BCUT2D eigenvalue weighted by molar-refractivity contribution is -0.138. The molecule has 2 heterocycles. The summed E-state index contributed by atoms with van der Waals surface area (Å²) < 4.78 is 1.44. The van der Waals surface area contributed by atoms with E-state index in [0.717, 1.165) is 25.7 Å².